The van der Waals surface area contributed by atoms with Gasteiger partial charge in [0.1, 0.15) is 6.54 Å². The second kappa shape index (κ2) is 12.4. The van der Waals surface area contributed by atoms with Gasteiger partial charge in [0.2, 0.25) is 0 Å². The topological polar surface area (TPSA) is 130 Å². The van der Waals surface area contributed by atoms with Gasteiger partial charge in [-0.2, -0.15) is 0 Å². The fraction of sp³-hybridized carbons (Fsp3) is 0.750. The van der Waals surface area contributed by atoms with Gasteiger partial charge in [0.05, 0.1) is 27.7 Å². The Balaban J connectivity index is -0.000000465. The van der Waals surface area contributed by atoms with Gasteiger partial charge in [0, 0.05) is 18.8 Å². The predicted molar refractivity (Wildman–Crippen MR) is 76.6 cm³/mol. The van der Waals surface area contributed by atoms with E-state index in [0.29, 0.717) is 11.0 Å². The van der Waals surface area contributed by atoms with Crippen LogP contribution in [0.25, 0.3) is 0 Å². The molecule has 0 aromatic rings. The summed E-state index contributed by atoms with van der Waals surface area (Å²) in [4.78, 5) is 30.7. The Bertz CT molecular complexity index is 330. The molecule has 0 spiro atoms. The smallest absolute Gasteiger partial charge is 0.317 e. The number of quaternary nitrogens is 1. The van der Waals surface area contributed by atoms with Gasteiger partial charge in [-0.15, -0.1) is 12.4 Å². The van der Waals surface area contributed by atoms with Crippen LogP contribution in [0.1, 0.15) is 19.8 Å². The maximum atomic E-state index is 11.0. The molecule has 0 aliphatic rings. The van der Waals surface area contributed by atoms with Crippen molar-refractivity contribution >= 4 is 30.3 Å². The molecule has 0 saturated heterocycles. The van der Waals surface area contributed by atoms with E-state index in [9.17, 15) is 19.5 Å². The number of esters is 1. The van der Waals surface area contributed by atoms with Crippen LogP contribution in [0.4, 0.5) is 0 Å². The van der Waals surface area contributed by atoms with E-state index < -0.39 is 18.0 Å². The Morgan fingerprint density at radius 1 is 1.29 bits per heavy atom. The van der Waals surface area contributed by atoms with E-state index in [1.807, 2.05) is 21.1 Å². The molecule has 0 aromatic heterocycles. The summed E-state index contributed by atoms with van der Waals surface area (Å²) in [6.45, 7) is 1.85. The lowest BCUT2D eigenvalue weighted by Crippen LogP contribution is -2.45. The Labute approximate surface area is 130 Å². The zero-order valence-electron chi connectivity index (χ0n) is 12.8. The van der Waals surface area contributed by atoms with Gasteiger partial charge in [-0.05, 0) is 0 Å². The molecule has 21 heavy (non-hydrogen) atoms. The quantitative estimate of drug-likeness (QED) is 0.434. The molecular formula is C12H25ClN2O6. The number of hydrogen-bond donors (Lipinski definition) is 2. The van der Waals surface area contributed by atoms with Crippen molar-refractivity contribution in [3.05, 3.63) is 0 Å². The normalized spacial score (nSPS) is 11.3. The van der Waals surface area contributed by atoms with Crippen molar-refractivity contribution in [3.63, 3.8) is 0 Å². The van der Waals surface area contributed by atoms with Gasteiger partial charge < -0.3 is 30.0 Å². The first-order valence-electron chi connectivity index (χ1n) is 6.13. The van der Waals surface area contributed by atoms with Crippen LogP contribution in [0.5, 0.6) is 0 Å². The number of carboxylic acid groups (broad SMARTS) is 2. The van der Waals surface area contributed by atoms with E-state index >= 15 is 0 Å². The number of carbonyl (C=O) groups excluding carboxylic acids is 2. The summed E-state index contributed by atoms with van der Waals surface area (Å²) in [5, 5.41) is 18.1. The third-order valence-corrected chi connectivity index (χ3v) is 1.91. The van der Waals surface area contributed by atoms with Crippen LogP contribution >= 0.6 is 12.4 Å². The van der Waals surface area contributed by atoms with Gasteiger partial charge in [-0.1, -0.05) is 6.92 Å². The molecule has 0 bridgehead atoms. The summed E-state index contributed by atoms with van der Waals surface area (Å²) in [7, 11) is 5.71. The number of carboxylic acids is 2. The zero-order chi connectivity index (χ0) is 16.3. The average Bonchev–Trinajstić information content (AvgIpc) is 2.26. The summed E-state index contributed by atoms with van der Waals surface area (Å²) < 4.78 is 5.55. The van der Waals surface area contributed by atoms with Crippen molar-refractivity contribution in [2.45, 2.75) is 25.9 Å². The Hall–Kier alpha value is -1.38. The molecule has 0 saturated carbocycles. The number of nitrogens with zero attached hydrogens (tertiary/aromatic N) is 1. The average molecular weight is 329 g/mol. The predicted octanol–water partition coefficient (Wildman–Crippen LogP) is -1.39. The molecule has 1 unspecified atom stereocenters. The molecular weight excluding hydrogens is 304 g/mol. The number of rotatable bonds is 7. The Morgan fingerprint density at radius 2 is 1.71 bits per heavy atom. The first-order chi connectivity index (χ1) is 9.01. The van der Waals surface area contributed by atoms with E-state index in [1.54, 1.807) is 6.92 Å². The number of aliphatic carboxylic acids is 2. The van der Waals surface area contributed by atoms with E-state index in [1.165, 1.54) is 0 Å². The maximum absolute atomic E-state index is 11.0. The highest BCUT2D eigenvalue weighted by atomic mass is 35.5. The Morgan fingerprint density at radius 3 is 1.95 bits per heavy atom. The minimum absolute atomic E-state index is 0. The van der Waals surface area contributed by atoms with Crippen molar-refractivity contribution in [3.8, 4) is 0 Å². The van der Waals surface area contributed by atoms with Crippen LogP contribution in [0.3, 0.4) is 0 Å². The third-order valence-electron chi connectivity index (χ3n) is 1.91. The Kier molecular flexibility index (Phi) is 14.5. The number of halogens is 1. The first-order valence-corrected chi connectivity index (χ1v) is 6.13. The summed E-state index contributed by atoms with van der Waals surface area (Å²) >= 11 is 0. The minimum Gasteiger partial charge on any atom is -0.550 e. The number of likely N-dealkylation sites (N-methyl/N-ethyl adjacent to an activating group) is 1. The second-order valence-corrected chi connectivity index (χ2v) is 5.11. The molecule has 0 aliphatic heterocycles. The van der Waals surface area contributed by atoms with Crippen LogP contribution in [0, 0.1) is 0 Å². The molecule has 8 nitrogen and oxygen atoms in total. The third kappa shape index (κ3) is 21.1. The van der Waals surface area contributed by atoms with E-state index in [4.69, 9.17) is 9.84 Å². The molecule has 126 valence electrons. The lowest BCUT2D eigenvalue weighted by Gasteiger charge is -2.29. The molecule has 0 heterocycles. The van der Waals surface area contributed by atoms with Crippen LogP contribution < -0.4 is 10.8 Å². The lowest BCUT2D eigenvalue weighted by molar-refractivity contribution is -0.873. The van der Waals surface area contributed by atoms with Crippen molar-refractivity contribution < 1.29 is 33.8 Å². The number of nitrogens with two attached hydrogens (primary N) is 1. The summed E-state index contributed by atoms with van der Waals surface area (Å²) in [6.07, 6.45) is -0.607. The van der Waals surface area contributed by atoms with Gasteiger partial charge in [0.25, 0.3) is 0 Å². The van der Waals surface area contributed by atoms with Gasteiger partial charge in [0.15, 0.2) is 6.10 Å². The maximum Gasteiger partial charge on any atom is 0.317 e. The molecule has 0 radical (unpaired) electrons. The van der Waals surface area contributed by atoms with Crippen LogP contribution in [0.15, 0.2) is 0 Å². The van der Waals surface area contributed by atoms with Crippen molar-refractivity contribution in [1.29, 1.82) is 0 Å². The fourth-order valence-electron chi connectivity index (χ4n) is 1.21. The molecule has 9 heteroatoms. The van der Waals surface area contributed by atoms with Gasteiger partial charge in [-0.3, -0.25) is 9.59 Å². The fourth-order valence-corrected chi connectivity index (χ4v) is 1.21. The van der Waals surface area contributed by atoms with Crippen LogP contribution in [-0.4, -0.2) is 67.8 Å². The first kappa shape index (κ1) is 24.6. The number of hydrogen-bond acceptors (Lipinski definition) is 6. The highest BCUT2D eigenvalue weighted by Gasteiger charge is 2.21. The van der Waals surface area contributed by atoms with Crippen molar-refractivity contribution in [2.75, 3.05) is 34.2 Å². The van der Waals surface area contributed by atoms with Crippen molar-refractivity contribution in [1.82, 2.24) is 0 Å². The number of ether oxygens (including phenoxy) is 1. The highest BCUT2D eigenvalue weighted by Crippen LogP contribution is 2.05. The largest absolute Gasteiger partial charge is 0.550 e. The van der Waals surface area contributed by atoms with E-state index in [2.05, 4.69) is 5.73 Å². The second-order valence-electron chi connectivity index (χ2n) is 5.11. The van der Waals surface area contributed by atoms with Crippen LogP contribution in [-0.2, 0) is 19.1 Å². The number of carbonyl (C=O) groups is 3. The van der Waals surface area contributed by atoms with Crippen molar-refractivity contribution in [2.24, 2.45) is 5.73 Å². The molecule has 0 amide bonds. The molecule has 0 fully saturated rings. The van der Waals surface area contributed by atoms with E-state index in [0.717, 1.165) is 0 Å². The molecule has 1 atom stereocenters. The molecule has 0 aliphatic carbocycles. The summed E-state index contributed by atoms with van der Waals surface area (Å²) in [5.41, 5.74) is 4.57. The minimum atomic E-state index is -1.20. The summed E-state index contributed by atoms with van der Waals surface area (Å²) in [5.74, 6) is -2.54. The highest BCUT2D eigenvalue weighted by molar-refractivity contribution is 5.85. The summed E-state index contributed by atoms with van der Waals surface area (Å²) in [6, 6.07) is 0. The lowest BCUT2D eigenvalue weighted by atomic mass is 10.2. The monoisotopic (exact) mass is 328 g/mol. The molecule has 3 N–H and O–H groups in total. The zero-order valence-corrected chi connectivity index (χ0v) is 13.6. The van der Waals surface area contributed by atoms with Crippen LogP contribution in [0.2, 0.25) is 0 Å². The van der Waals surface area contributed by atoms with Gasteiger partial charge >= 0.3 is 11.9 Å². The molecule has 0 rings (SSSR count). The standard InChI is InChI=1S/C10H19NO4.C2H5NO2.ClH/c1-5-10(14)15-8(6-9(12)13)7-11(2,3)4;3-1-2(4)5;/h8H,5-7H2,1-4H3;1,3H2,(H,4,5);1H. The SMILES string of the molecule is CCC(=O)OC(CC(=O)[O-])C[N+](C)(C)C.Cl.NCC(=O)O. The van der Waals surface area contributed by atoms with E-state index in [-0.39, 0.29) is 37.8 Å². The van der Waals surface area contributed by atoms with Gasteiger partial charge in [-0.25, -0.2) is 0 Å². The molecule has 0 aromatic carbocycles.